The van der Waals surface area contributed by atoms with E-state index in [1.54, 1.807) is 0 Å². The SMILES string of the molecule is O=C(C1CC1)N1CCCN(Cc2cccc3c2NCC3)CC1. The third-order valence-corrected chi connectivity index (χ3v) is 5.15. The Balaban J connectivity index is 1.39. The van der Waals surface area contributed by atoms with Gasteiger partial charge in [0, 0.05) is 50.9 Å². The number of carbonyl (C=O) groups excluding carboxylic acids is 1. The average molecular weight is 299 g/mol. The highest BCUT2D eigenvalue weighted by Gasteiger charge is 2.33. The fourth-order valence-corrected chi connectivity index (χ4v) is 3.72. The van der Waals surface area contributed by atoms with Crippen LogP contribution in [0.5, 0.6) is 0 Å². The molecule has 0 aromatic heterocycles. The Bertz CT molecular complexity index is 567. The Hall–Kier alpha value is -1.55. The van der Waals surface area contributed by atoms with Gasteiger partial charge in [0.25, 0.3) is 0 Å². The number of hydrogen-bond donors (Lipinski definition) is 1. The van der Waals surface area contributed by atoms with Crippen LogP contribution in [0.25, 0.3) is 0 Å². The fourth-order valence-electron chi connectivity index (χ4n) is 3.72. The molecule has 0 spiro atoms. The van der Waals surface area contributed by atoms with Crippen molar-refractivity contribution in [1.29, 1.82) is 0 Å². The number of benzene rings is 1. The van der Waals surface area contributed by atoms with Crippen LogP contribution in [0, 0.1) is 5.92 Å². The van der Waals surface area contributed by atoms with Crippen molar-refractivity contribution in [2.45, 2.75) is 32.2 Å². The van der Waals surface area contributed by atoms with Gasteiger partial charge in [-0.05, 0) is 36.8 Å². The number of anilines is 1. The first kappa shape index (κ1) is 14.1. The number of carbonyl (C=O) groups is 1. The van der Waals surface area contributed by atoms with Gasteiger partial charge in [-0.15, -0.1) is 0 Å². The number of nitrogens with zero attached hydrogens (tertiary/aromatic N) is 2. The molecule has 1 aromatic rings. The lowest BCUT2D eigenvalue weighted by atomic mass is 10.1. The van der Waals surface area contributed by atoms with Crippen molar-refractivity contribution < 1.29 is 4.79 Å². The maximum Gasteiger partial charge on any atom is 0.225 e. The topological polar surface area (TPSA) is 35.6 Å². The van der Waals surface area contributed by atoms with Crippen LogP contribution >= 0.6 is 0 Å². The Morgan fingerprint density at radius 2 is 2.09 bits per heavy atom. The summed E-state index contributed by atoms with van der Waals surface area (Å²) in [4.78, 5) is 16.8. The summed E-state index contributed by atoms with van der Waals surface area (Å²) in [7, 11) is 0. The van der Waals surface area contributed by atoms with Gasteiger partial charge in [0.15, 0.2) is 0 Å². The molecule has 0 atom stereocenters. The van der Waals surface area contributed by atoms with Gasteiger partial charge < -0.3 is 10.2 Å². The number of nitrogens with one attached hydrogen (secondary N) is 1. The van der Waals surface area contributed by atoms with Crippen LogP contribution < -0.4 is 5.32 Å². The molecule has 22 heavy (non-hydrogen) atoms. The van der Waals surface area contributed by atoms with Crippen molar-refractivity contribution in [2.75, 3.05) is 38.0 Å². The summed E-state index contributed by atoms with van der Waals surface area (Å²) in [5.41, 5.74) is 4.23. The number of para-hydroxylation sites is 1. The summed E-state index contributed by atoms with van der Waals surface area (Å²) in [5.74, 6) is 0.761. The Morgan fingerprint density at radius 1 is 1.18 bits per heavy atom. The van der Waals surface area contributed by atoms with Gasteiger partial charge in [0.1, 0.15) is 0 Å². The molecular formula is C18H25N3O. The second kappa shape index (κ2) is 5.92. The minimum Gasteiger partial charge on any atom is -0.384 e. The van der Waals surface area contributed by atoms with Gasteiger partial charge in [-0.1, -0.05) is 18.2 Å². The molecule has 2 heterocycles. The van der Waals surface area contributed by atoms with Crippen molar-refractivity contribution in [3.8, 4) is 0 Å². The lowest BCUT2D eigenvalue weighted by molar-refractivity contribution is -0.132. The van der Waals surface area contributed by atoms with Crippen LogP contribution in [0.15, 0.2) is 18.2 Å². The van der Waals surface area contributed by atoms with E-state index >= 15 is 0 Å². The standard InChI is InChI=1S/C18H25N3O/c22-18(15-5-6-15)21-10-2-9-20(11-12-21)13-16-4-1-3-14-7-8-19-17(14)16/h1,3-4,15,19H,2,5-13H2. The summed E-state index contributed by atoms with van der Waals surface area (Å²) in [5, 5.41) is 3.53. The van der Waals surface area contributed by atoms with Crippen molar-refractivity contribution in [2.24, 2.45) is 5.92 Å². The Morgan fingerprint density at radius 3 is 2.95 bits per heavy atom. The summed E-state index contributed by atoms with van der Waals surface area (Å²) in [6, 6.07) is 6.66. The molecule has 1 aliphatic carbocycles. The van der Waals surface area contributed by atoms with Crippen LogP contribution in [0.1, 0.15) is 30.4 Å². The molecule has 2 aliphatic heterocycles. The third kappa shape index (κ3) is 2.84. The number of amides is 1. The number of rotatable bonds is 3. The molecule has 4 rings (SSSR count). The lowest BCUT2D eigenvalue weighted by Crippen LogP contribution is -2.36. The molecule has 0 bridgehead atoms. The van der Waals surface area contributed by atoms with Crippen molar-refractivity contribution in [3.05, 3.63) is 29.3 Å². The summed E-state index contributed by atoms with van der Waals surface area (Å²) in [6.07, 6.45) is 4.47. The predicted octanol–water partition coefficient (Wildman–Crippen LogP) is 2.10. The molecular weight excluding hydrogens is 274 g/mol. The summed E-state index contributed by atoms with van der Waals surface area (Å²) in [6.45, 7) is 6.01. The number of fused-ring (bicyclic) bond motifs is 1. The zero-order valence-corrected chi connectivity index (χ0v) is 13.2. The first-order chi connectivity index (χ1) is 10.8. The van der Waals surface area contributed by atoms with Crippen LogP contribution in [0.2, 0.25) is 0 Å². The molecule has 1 saturated carbocycles. The van der Waals surface area contributed by atoms with Crippen molar-refractivity contribution in [3.63, 3.8) is 0 Å². The van der Waals surface area contributed by atoms with E-state index in [1.807, 2.05) is 0 Å². The first-order valence-corrected chi connectivity index (χ1v) is 8.67. The van der Waals surface area contributed by atoms with E-state index in [1.165, 1.54) is 16.8 Å². The fraction of sp³-hybridized carbons (Fsp3) is 0.611. The summed E-state index contributed by atoms with van der Waals surface area (Å²) < 4.78 is 0. The Kier molecular flexibility index (Phi) is 3.78. The zero-order chi connectivity index (χ0) is 14.9. The summed E-state index contributed by atoms with van der Waals surface area (Å²) >= 11 is 0. The highest BCUT2D eigenvalue weighted by molar-refractivity contribution is 5.81. The first-order valence-electron chi connectivity index (χ1n) is 8.67. The predicted molar refractivity (Wildman–Crippen MR) is 87.8 cm³/mol. The smallest absolute Gasteiger partial charge is 0.225 e. The van der Waals surface area contributed by atoms with Crippen LogP contribution in [0.3, 0.4) is 0 Å². The zero-order valence-electron chi connectivity index (χ0n) is 13.2. The van der Waals surface area contributed by atoms with E-state index in [0.717, 1.165) is 65.0 Å². The molecule has 0 unspecified atom stereocenters. The molecule has 1 saturated heterocycles. The molecule has 3 aliphatic rings. The highest BCUT2D eigenvalue weighted by atomic mass is 16.2. The molecule has 2 fully saturated rings. The largest absolute Gasteiger partial charge is 0.384 e. The molecule has 1 aromatic carbocycles. The minimum atomic E-state index is 0.355. The van der Waals surface area contributed by atoms with E-state index in [0.29, 0.717) is 11.8 Å². The normalized spacial score (nSPS) is 22.1. The van der Waals surface area contributed by atoms with Gasteiger partial charge in [-0.2, -0.15) is 0 Å². The molecule has 4 nitrogen and oxygen atoms in total. The van der Waals surface area contributed by atoms with Gasteiger partial charge in [-0.3, -0.25) is 9.69 Å². The van der Waals surface area contributed by atoms with E-state index in [4.69, 9.17) is 0 Å². The third-order valence-electron chi connectivity index (χ3n) is 5.15. The molecule has 1 N–H and O–H groups in total. The average Bonchev–Trinajstić information content (AvgIpc) is 3.30. The molecule has 0 radical (unpaired) electrons. The molecule has 118 valence electrons. The monoisotopic (exact) mass is 299 g/mol. The maximum absolute atomic E-state index is 12.2. The molecule has 4 heteroatoms. The second-order valence-corrected chi connectivity index (χ2v) is 6.86. The van der Waals surface area contributed by atoms with Gasteiger partial charge in [0.2, 0.25) is 5.91 Å². The van der Waals surface area contributed by atoms with Gasteiger partial charge in [-0.25, -0.2) is 0 Å². The van der Waals surface area contributed by atoms with Crippen LogP contribution in [-0.4, -0.2) is 48.4 Å². The van der Waals surface area contributed by atoms with Crippen molar-refractivity contribution in [1.82, 2.24) is 9.80 Å². The quantitative estimate of drug-likeness (QED) is 0.928. The van der Waals surface area contributed by atoms with E-state index in [9.17, 15) is 4.79 Å². The van der Waals surface area contributed by atoms with E-state index < -0.39 is 0 Å². The molecule has 1 amide bonds. The minimum absolute atomic E-state index is 0.355. The number of hydrogen-bond acceptors (Lipinski definition) is 3. The van der Waals surface area contributed by atoms with Crippen LogP contribution in [-0.2, 0) is 17.8 Å². The van der Waals surface area contributed by atoms with Crippen LogP contribution in [0.4, 0.5) is 5.69 Å². The van der Waals surface area contributed by atoms with E-state index in [2.05, 4.69) is 33.3 Å². The van der Waals surface area contributed by atoms with E-state index in [-0.39, 0.29) is 0 Å². The van der Waals surface area contributed by atoms with Crippen molar-refractivity contribution >= 4 is 11.6 Å². The highest BCUT2D eigenvalue weighted by Crippen LogP contribution is 2.31. The van der Waals surface area contributed by atoms with Gasteiger partial charge in [0.05, 0.1) is 0 Å². The Labute approximate surface area is 132 Å². The maximum atomic E-state index is 12.2. The van der Waals surface area contributed by atoms with Gasteiger partial charge >= 0.3 is 0 Å². The second-order valence-electron chi connectivity index (χ2n) is 6.86. The lowest BCUT2D eigenvalue weighted by Gasteiger charge is -2.23.